The van der Waals surface area contributed by atoms with Crippen LogP contribution in [0.2, 0.25) is 0 Å². The van der Waals surface area contributed by atoms with Gasteiger partial charge in [0.05, 0.1) is 25.8 Å². The summed E-state index contributed by atoms with van der Waals surface area (Å²) in [5.74, 6) is 2.14. The molecule has 0 amide bonds. The normalized spacial score (nSPS) is 12.2. The fraction of sp³-hybridized carbons (Fsp3) is 0.208. The molecule has 3 heterocycles. The van der Waals surface area contributed by atoms with E-state index in [0.29, 0.717) is 12.3 Å². The summed E-state index contributed by atoms with van der Waals surface area (Å²) >= 11 is 0. The van der Waals surface area contributed by atoms with Crippen molar-refractivity contribution in [2.45, 2.75) is 5.92 Å². The van der Waals surface area contributed by atoms with E-state index in [4.69, 9.17) is 9.47 Å². The Bertz CT molecular complexity index is 1390. The maximum atomic E-state index is 5.78. The highest BCUT2D eigenvalue weighted by atomic mass is 16.5. The minimum Gasteiger partial charge on any atom is -0.493 e. The van der Waals surface area contributed by atoms with E-state index in [9.17, 15) is 0 Å². The third kappa shape index (κ3) is 3.30. The summed E-state index contributed by atoms with van der Waals surface area (Å²) in [5, 5.41) is 9.89. The first-order valence-electron chi connectivity index (χ1n) is 10.3. The van der Waals surface area contributed by atoms with Crippen LogP contribution in [-0.4, -0.2) is 45.5 Å². The van der Waals surface area contributed by atoms with Gasteiger partial charge in [-0.25, -0.2) is 9.97 Å². The third-order valence-corrected chi connectivity index (χ3v) is 5.81. The fourth-order valence-electron chi connectivity index (χ4n) is 4.26. The van der Waals surface area contributed by atoms with E-state index in [1.165, 1.54) is 5.39 Å². The van der Waals surface area contributed by atoms with Crippen molar-refractivity contribution in [3.63, 3.8) is 0 Å². The zero-order valence-electron chi connectivity index (χ0n) is 18.2. The molecule has 2 aromatic carbocycles. The molecule has 2 N–H and O–H groups in total. The molecule has 0 unspecified atom stereocenters. The highest BCUT2D eigenvalue weighted by Crippen LogP contribution is 2.40. The van der Waals surface area contributed by atoms with Crippen LogP contribution in [-0.2, 0) is 7.05 Å². The molecule has 8 nitrogen and oxygen atoms in total. The Hall–Kier alpha value is -4.07. The van der Waals surface area contributed by atoms with Crippen LogP contribution in [0, 0.1) is 0 Å². The van der Waals surface area contributed by atoms with Crippen molar-refractivity contribution in [2.75, 3.05) is 26.1 Å². The number of nitrogens with one attached hydrogen (secondary N) is 2. The minimum absolute atomic E-state index is 0.0297. The van der Waals surface area contributed by atoms with Gasteiger partial charge in [0.15, 0.2) is 17.1 Å². The first kappa shape index (κ1) is 19.9. The van der Waals surface area contributed by atoms with Gasteiger partial charge in [-0.2, -0.15) is 5.10 Å². The summed E-state index contributed by atoms with van der Waals surface area (Å²) in [6.07, 6.45) is 5.40. The van der Waals surface area contributed by atoms with E-state index in [0.717, 1.165) is 39.2 Å². The van der Waals surface area contributed by atoms with Crippen LogP contribution in [0.3, 0.4) is 0 Å². The van der Waals surface area contributed by atoms with E-state index < -0.39 is 0 Å². The number of methoxy groups -OCH3 is 2. The summed E-state index contributed by atoms with van der Waals surface area (Å²) in [4.78, 5) is 12.2. The number of fused-ring (bicyclic) bond motifs is 2. The fourth-order valence-corrected chi connectivity index (χ4v) is 4.26. The first-order chi connectivity index (χ1) is 15.7. The van der Waals surface area contributed by atoms with Gasteiger partial charge < -0.3 is 19.8 Å². The Morgan fingerprint density at radius 2 is 1.88 bits per heavy atom. The molecule has 0 aliphatic rings. The molecule has 0 fully saturated rings. The lowest BCUT2D eigenvalue weighted by Gasteiger charge is -2.22. The van der Waals surface area contributed by atoms with Crippen LogP contribution in [0.5, 0.6) is 11.5 Å². The quantitative estimate of drug-likeness (QED) is 0.406. The van der Waals surface area contributed by atoms with Gasteiger partial charge in [-0.1, -0.05) is 30.3 Å². The van der Waals surface area contributed by atoms with E-state index in [1.54, 1.807) is 31.4 Å². The van der Waals surface area contributed by atoms with E-state index in [-0.39, 0.29) is 5.92 Å². The van der Waals surface area contributed by atoms with E-state index in [1.807, 2.05) is 25.2 Å². The number of nitrogens with zero attached hydrogens (tertiary/aromatic N) is 4. The van der Waals surface area contributed by atoms with Crippen LogP contribution in [0.4, 0.5) is 5.82 Å². The van der Waals surface area contributed by atoms with Gasteiger partial charge in [0.2, 0.25) is 0 Å². The number of aryl methyl sites for hydroxylation is 1. The molecular weight excluding hydrogens is 404 g/mol. The van der Waals surface area contributed by atoms with Crippen LogP contribution in [0.15, 0.2) is 61.2 Å². The van der Waals surface area contributed by atoms with Gasteiger partial charge in [0.25, 0.3) is 0 Å². The summed E-state index contributed by atoms with van der Waals surface area (Å²) in [5.41, 5.74) is 4.06. The van der Waals surface area contributed by atoms with Gasteiger partial charge in [0, 0.05) is 42.2 Å². The Morgan fingerprint density at radius 1 is 1.00 bits per heavy atom. The zero-order chi connectivity index (χ0) is 22.1. The molecular formula is C24H24N6O2. The van der Waals surface area contributed by atoms with Crippen LogP contribution >= 0.6 is 0 Å². The second-order valence-corrected chi connectivity index (χ2v) is 7.53. The monoisotopic (exact) mass is 428 g/mol. The number of hydrogen-bond donors (Lipinski definition) is 2. The number of hydrogen-bond acceptors (Lipinski definition) is 6. The molecule has 0 aliphatic heterocycles. The molecule has 5 aromatic rings. The second-order valence-electron chi connectivity index (χ2n) is 7.53. The average Bonchev–Trinajstić information content (AvgIpc) is 3.43. The molecule has 3 aromatic heterocycles. The largest absolute Gasteiger partial charge is 0.493 e. The average molecular weight is 428 g/mol. The molecule has 5 rings (SSSR count). The highest BCUT2D eigenvalue weighted by Gasteiger charge is 2.24. The molecule has 0 spiro atoms. The summed E-state index contributed by atoms with van der Waals surface area (Å²) in [7, 11) is 5.19. The lowest BCUT2D eigenvalue weighted by atomic mass is 9.89. The zero-order valence-corrected chi connectivity index (χ0v) is 18.2. The number of aromatic nitrogens is 5. The van der Waals surface area contributed by atoms with Crippen molar-refractivity contribution in [2.24, 2.45) is 7.05 Å². The summed E-state index contributed by atoms with van der Waals surface area (Å²) < 4.78 is 13.1. The molecule has 0 saturated heterocycles. The van der Waals surface area contributed by atoms with E-state index in [2.05, 4.69) is 55.8 Å². The summed E-state index contributed by atoms with van der Waals surface area (Å²) in [6.45, 7) is 0.590. The molecule has 0 saturated carbocycles. The Balaban J connectivity index is 1.60. The lowest BCUT2D eigenvalue weighted by molar-refractivity contribution is 0.350. The Labute approximate surface area is 185 Å². The van der Waals surface area contributed by atoms with Crippen LogP contribution in [0.25, 0.3) is 21.9 Å². The van der Waals surface area contributed by atoms with Gasteiger partial charge in [-0.15, -0.1) is 0 Å². The van der Waals surface area contributed by atoms with E-state index >= 15 is 0 Å². The molecule has 0 radical (unpaired) electrons. The Kier molecular flexibility index (Phi) is 5.10. The van der Waals surface area contributed by atoms with Crippen molar-refractivity contribution < 1.29 is 9.47 Å². The number of ether oxygens (including phenoxy) is 2. The minimum atomic E-state index is -0.0297. The van der Waals surface area contributed by atoms with Gasteiger partial charge in [-0.05, 0) is 17.7 Å². The molecule has 32 heavy (non-hydrogen) atoms. The number of rotatable bonds is 7. The molecule has 8 heteroatoms. The van der Waals surface area contributed by atoms with Crippen molar-refractivity contribution >= 4 is 27.8 Å². The van der Waals surface area contributed by atoms with Crippen molar-refractivity contribution in [1.82, 2.24) is 24.7 Å². The summed E-state index contributed by atoms with van der Waals surface area (Å²) in [6, 6.07) is 14.3. The second kappa shape index (κ2) is 8.22. The van der Waals surface area contributed by atoms with Gasteiger partial charge in [-0.3, -0.25) is 4.68 Å². The number of benzene rings is 2. The predicted octanol–water partition coefficient (Wildman–Crippen LogP) is 4.11. The first-order valence-corrected chi connectivity index (χ1v) is 10.3. The van der Waals surface area contributed by atoms with Gasteiger partial charge in [0.1, 0.15) is 12.1 Å². The number of para-hydroxylation sites is 2. The standard InChI is InChI=1S/C24H24N6O2/c1-30-24-19(13-29-30)23(27-14-28-24)26-12-18(16-8-6-10-21(31-2)22(16)32-3)17-11-25-20-9-5-4-7-15(17)20/h4-11,13-14,18,25H,12H2,1-3H3,(H,26,27,28)/t18-/m0/s1. The number of aromatic amines is 1. The lowest BCUT2D eigenvalue weighted by Crippen LogP contribution is -2.16. The van der Waals surface area contributed by atoms with Crippen molar-refractivity contribution in [3.05, 3.63) is 72.3 Å². The Morgan fingerprint density at radius 3 is 2.72 bits per heavy atom. The molecule has 0 aliphatic carbocycles. The third-order valence-electron chi connectivity index (χ3n) is 5.81. The number of anilines is 1. The predicted molar refractivity (Wildman–Crippen MR) is 124 cm³/mol. The van der Waals surface area contributed by atoms with Crippen molar-refractivity contribution in [1.29, 1.82) is 0 Å². The molecule has 0 bridgehead atoms. The SMILES string of the molecule is COc1cccc([C@H](CNc2ncnc3c2cnn3C)c2c[nH]c3ccccc23)c1OC. The topological polar surface area (TPSA) is 89.9 Å². The molecule has 162 valence electrons. The smallest absolute Gasteiger partial charge is 0.164 e. The van der Waals surface area contributed by atoms with Gasteiger partial charge >= 0.3 is 0 Å². The molecule has 1 atom stereocenters. The van der Waals surface area contributed by atoms with Crippen LogP contribution in [0.1, 0.15) is 17.0 Å². The maximum absolute atomic E-state index is 5.78. The van der Waals surface area contributed by atoms with Crippen LogP contribution < -0.4 is 14.8 Å². The van der Waals surface area contributed by atoms with Crippen molar-refractivity contribution in [3.8, 4) is 11.5 Å². The number of H-pyrrole nitrogens is 1. The highest BCUT2D eigenvalue weighted by molar-refractivity contribution is 5.87. The maximum Gasteiger partial charge on any atom is 0.164 e.